The molecule has 0 spiro atoms. The molecule has 2 aromatic rings. The summed E-state index contributed by atoms with van der Waals surface area (Å²) in [7, 11) is 0. The van der Waals surface area contributed by atoms with Crippen LogP contribution in [-0.4, -0.2) is 38.3 Å². The topological polar surface area (TPSA) is 67.9 Å². The molecule has 0 aliphatic carbocycles. The van der Waals surface area contributed by atoms with E-state index in [0.717, 1.165) is 48.3 Å². The fraction of sp³-hybridized carbons (Fsp3) is 0.667. The molecule has 0 unspecified atom stereocenters. The summed E-state index contributed by atoms with van der Waals surface area (Å²) in [6.07, 6.45) is 2.29. The molecule has 0 radical (unpaired) electrons. The highest BCUT2D eigenvalue weighted by atomic mass is 32.1. The molecule has 6 nitrogen and oxygen atoms in total. The first-order valence-corrected chi connectivity index (χ1v) is 7.34. The predicted octanol–water partition coefficient (Wildman–Crippen LogP) is 1.92. The van der Waals surface area contributed by atoms with E-state index in [1.165, 1.54) is 0 Å². The molecule has 1 aliphatic heterocycles. The molecule has 0 aromatic carbocycles. The first kappa shape index (κ1) is 12.7. The van der Waals surface area contributed by atoms with Gasteiger partial charge in [0.05, 0.1) is 6.54 Å². The Labute approximate surface area is 115 Å². The van der Waals surface area contributed by atoms with E-state index in [4.69, 9.17) is 4.52 Å². The molecule has 3 rings (SSSR count). The van der Waals surface area contributed by atoms with Crippen molar-refractivity contribution in [3.05, 3.63) is 21.7 Å². The molecule has 102 valence electrons. The molecule has 7 heteroatoms. The van der Waals surface area contributed by atoms with Crippen LogP contribution in [-0.2, 0) is 6.54 Å². The van der Waals surface area contributed by atoms with Gasteiger partial charge < -0.3 is 4.52 Å². The average molecular weight is 279 g/mol. The summed E-state index contributed by atoms with van der Waals surface area (Å²) in [6, 6.07) is 0. The Balaban J connectivity index is 1.64. The highest BCUT2D eigenvalue weighted by Gasteiger charge is 2.25. The summed E-state index contributed by atoms with van der Waals surface area (Å²) in [5.74, 6) is 1.86. The third kappa shape index (κ3) is 2.98. The van der Waals surface area contributed by atoms with Gasteiger partial charge in [-0.05, 0) is 26.3 Å². The van der Waals surface area contributed by atoms with Crippen molar-refractivity contribution < 1.29 is 4.52 Å². The minimum atomic E-state index is 0.375. The zero-order chi connectivity index (χ0) is 13.2. The number of nitrogens with zero attached hydrogens (tertiary/aromatic N) is 5. The lowest BCUT2D eigenvalue weighted by Crippen LogP contribution is -2.34. The SMILES string of the molecule is Cc1nc([C@H]2CCCN(Cc3nnc(C)s3)C2)no1. The molecule has 0 amide bonds. The predicted molar refractivity (Wildman–Crippen MR) is 70.9 cm³/mol. The fourth-order valence-electron chi connectivity index (χ4n) is 2.48. The Bertz CT molecular complexity index is 552. The van der Waals surface area contributed by atoms with Crippen LogP contribution in [0, 0.1) is 13.8 Å². The van der Waals surface area contributed by atoms with E-state index < -0.39 is 0 Å². The lowest BCUT2D eigenvalue weighted by Gasteiger charge is -2.30. The van der Waals surface area contributed by atoms with Crippen molar-refractivity contribution in [3.8, 4) is 0 Å². The van der Waals surface area contributed by atoms with Gasteiger partial charge in [-0.3, -0.25) is 4.90 Å². The monoisotopic (exact) mass is 279 g/mol. The first-order chi connectivity index (χ1) is 9.20. The smallest absolute Gasteiger partial charge is 0.223 e. The summed E-state index contributed by atoms with van der Waals surface area (Å²) in [4.78, 5) is 6.75. The van der Waals surface area contributed by atoms with Gasteiger partial charge in [0.25, 0.3) is 0 Å². The number of piperidine rings is 1. The van der Waals surface area contributed by atoms with Crippen molar-refractivity contribution in [1.29, 1.82) is 0 Å². The van der Waals surface area contributed by atoms with E-state index >= 15 is 0 Å². The van der Waals surface area contributed by atoms with Crippen LogP contribution in [0.1, 0.15) is 40.5 Å². The van der Waals surface area contributed by atoms with Crippen molar-refractivity contribution in [2.75, 3.05) is 13.1 Å². The largest absolute Gasteiger partial charge is 0.340 e. The van der Waals surface area contributed by atoms with Gasteiger partial charge in [-0.15, -0.1) is 21.5 Å². The lowest BCUT2D eigenvalue weighted by atomic mass is 9.97. The van der Waals surface area contributed by atoms with Crippen molar-refractivity contribution in [1.82, 2.24) is 25.2 Å². The minimum absolute atomic E-state index is 0.375. The average Bonchev–Trinajstić information content (AvgIpc) is 2.99. The van der Waals surface area contributed by atoms with Gasteiger partial charge in [0.15, 0.2) is 5.82 Å². The molecular formula is C12H17N5OS. The molecule has 3 heterocycles. The molecular weight excluding hydrogens is 262 g/mol. The lowest BCUT2D eigenvalue weighted by molar-refractivity contribution is 0.194. The van der Waals surface area contributed by atoms with Crippen LogP contribution in [0.2, 0.25) is 0 Å². The molecule has 0 N–H and O–H groups in total. The molecule has 1 saturated heterocycles. The Hall–Kier alpha value is -1.34. The first-order valence-electron chi connectivity index (χ1n) is 6.52. The molecule has 0 bridgehead atoms. The minimum Gasteiger partial charge on any atom is -0.340 e. The maximum Gasteiger partial charge on any atom is 0.223 e. The van der Waals surface area contributed by atoms with Crippen LogP contribution >= 0.6 is 11.3 Å². The highest BCUT2D eigenvalue weighted by Crippen LogP contribution is 2.26. The van der Waals surface area contributed by atoms with E-state index in [2.05, 4.69) is 25.2 Å². The maximum atomic E-state index is 5.07. The zero-order valence-corrected chi connectivity index (χ0v) is 12.0. The van der Waals surface area contributed by atoms with Gasteiger partial charge in [-0.25, -0.2) is 0 Å². The summed E-state index contributed by atoms with van der Waals surface area (Å²) in [5, 5.41) is 14.4. The Morgan fingerprint density at radius 3 is 2.95 bits per heavy atom. The normalized spacial score (nSPS) is 20.8. The number of hydrogen-bond acceptors (Lipinski definition) is 7. The second-order valence-electron chi connectivity index (χ2n) is 4.96. The van der Waals surface area contributed by atoms with Crippen molar-refractivity contribution in [3.63, 3.8) is 0 Å². The van der Waals surface area contributed by atoms with Crippen LogP contribution < -0.4 is 0 Å². The van der Waals surface area contributed by atoms with Crippen LogP contribution in [0.25, 0.3) is 0 Å². The summed E-state index contributed by atoms with van der Waals surface area (Å²) in [6.45, 7) is 6.77. The number of rotatable bonds is 3. The van der Waals surface area contributed by atoms with Gasteiger partial charge in [-0.1, -0.05) is 5.16 Å². The fourth-order valence-corrected chi connectivity index (χ4v) is 3.23. The van der Waals surface area contributed by atoms with Crippen molar-refractivity contribution in [2.45, 2.75) is 39.2 Å². The molecule has 1 atom stereocenters. The van der Waals surface area contributed by atoms with Gasteiger partial charge >= 0.3 is 0 Å². The quantitative estimate of drug-likeness (QED) is 0.855. The van der Waals surface area contributed by atoms with Crippen LogP contribution in [0.5, 0.6) is 0 Å². The Morgan fingerprint density at radius 2 is 2.26 bits per heavy atom. The van der Waals surface area contributed by atoms with Crippen LogP contribution in [0.3, 0.4) is 0 Å². The van der Waals surface area contributed by atoms with Crippen molar-refractivity contribution >= 4 is 11.3 Å². The zero-order valence-electron chi connectivity index (χ0n) is 11.2. The van der Waals surface area contributed by atoms with E-state index in [0.29, 0.717) is 11.8 Å². The van der Waals surface area contributed by atoms with Gasteiger partial charge in [0.2, 0.25) is 5.89 Å². The number of aryl methyl sites for hydroxylation is 2. The van der Waals surface area contributed by atoms with E-state index in [1.807, 2.05) is 13.8 Å². The van der Waals surface area contributed by atoms with Crippen LogP contribution in [0.15, 0.2) is 4.52 Å². The third-order valence-electron chi connectivity index (χ3n) is 3.34. The Morgan fingerprint density at radius 1 is 1.37 bits per heavy atom. The number of hydrogen-bond donors (Lipinski definition) is 0. The summed E-state index contributed by atoms with van der Waals surface area (Å²) >= 11 is 1.67. The second-order valence-corrected chi connectivity index (χ2v) is 6.23. The summed E-state index contributed by atoms with van der Waals surface area (Å²) < 4.78 is 5.07. The third-order valence-corrected chi connectivity index (χ3v) is 4.16. The molecule has 1 fully saturated rings. The van der Waals surface area contributed by atoms with E-state index in [1.54, 1.807) is 11.3 Å². The highest BCUT2D eigenvalue weighted by molar-refractivity contribution is 7.11. The van der Waals surface area contributed by atoms with E-state index in [9.17, 15) is 0 Å². The standard InChI is InChI=1S/C12H17N5OS/c1-8-13-12(16-18-8)10-4-3-5-17(6-10)7-11-15-14-9(2)19-11/h10H,3-7H2,1-2H3/t10-/m0/s1. The number of aromatic nitrogens is 4. The maximum absolute atomic E-state index is 5.07. The van der Waals surface area contributed by atoms with E-state index in [-0.39, 0.29) is 0 Å². The molecule has 0 saturated carbocycles. The Kier molecular flexibility index (Phi) is 3.56. The number of likely N-dealkylation sites (tertiary alicyclic amines) is 1. The van der Waals surface area contributed by atoms with Gasteiger partial charge in [-0.2, -0.15) is 4.98 Å². The molecule has 2 aromatic heterocycles. The van der Waals surface area contributed by atoms with Crippen molar-refractivity contribution in [2.24, 2.45) is 0 Å². The summed E-state index contributed by atoms with van der Waals surface area (Å²) in [5.41, 5.74) is 0. The second kappa shape index (κ2) is 5.34. The van der Waals surface area contributed by atoms with Gasteiger partial charge in [0.1, 0.15) is 10.0 Å². The van der Waals surface area contributed by atoms with Crippen LogP contribution in [0.4, 0.5) is 0 Å². The van der Waals surface area contributed by atoms with Gasteiger partial charge in [0, 0.05) is 19.4 Å². The molecule has 19 heavy (non-hydrogen) atoms. The molecule has 1 aliphatic rings.